The Bertz CT molecular complexity index is 4130. The van der Waals surface area contributed by atoms with Gasteiger partial charge in [-0.3, -0.25) is 23.6 Å². The normalized spacial score (nSPS) is 26.9. The van der Waals surface area contributed by atoms with E-state index in [0.29, 0.717) is 35.5 Å². The number of aryl methyl sites for hydroxylation is 1. The van der Waals surface area contributed by atoms with Crippen molar-refractivity contribution in [3.63, 3.8) is 0 Å². The molecule has 8 aromatic rings. The van der Waals surface area contributed by atoms with Crippen molar-refractivity contribution in [2.24, 2.45) is 17.8 Å². The van der Waals surface area contributed by atoms with Crippen LogP contribution in [0.25, 0.3) is 11.0 Å². The number of pyridine rings is 3. The van der Waals surface area contributed by atoms with E-state index in [0.717, 1.165) is 152 Å². The number of aromatic nitrogens is 5. The summed E-state index contributed by atoms with van der Waals surface area (Å²) in [5, 5.41) is 11.8. The van der Waals surface area contributed by atoms with Crippen molar-refractivity contribution in [2.45, 2.75) is 184 Å². The Morgan fingerprint density at radius 1 is 0.554 bits per heavy atom. The van der Waals surface area contributed by atoms with Gasteiger partial charge in [0.2, 0.25) is 0 Å². The molecule has 19 heteroatoms. The van der Waals surface area contributed by atoms with Crippen LogP contribution in [0.2, 0.25) is 15.1 Å². The number of esters is 2. The van der Waals surface area contributed by atoms with Gasteiger partial charge in [0.05, 0.1) is 68.6 Å². The Kier molecular flexibility index (Phi) is 8.65. The second-order valence-electron chi connectivity index (χ2n) is 25.6. The fourth-order valence-electron chi connectivity index (χ4n) is 14.0. The summed E-state index contributed by atoms with van der Waals surface area (Å²) in [6.45, 7) is 4.44. The van der Waals surface area contributed by atoms with E-state index in [1.807, 2.05) is 35.1 Å². The van der Waals surface area contributed by atoms with E-state index in [4.69, 9.17) is 230 Å². The van der Waals surface area contributed by atoms with E-state index < -0.39 is 18.0 Å². The minimum Gasteiger partial charge on any atom is -1.00 e. The summed E-state index contributed by atoms with van der Waals surface area (Å²) in [6.07, 6.45) is 25.4. The van der Waals surface area contributed by atoms with Crippen LogP contribution < -0.4 is 29.6 Å². The topological polar surface area (TPSA) is 145 Å². The third-order valence-electron chi connectivity index (χ3n) is 19.4. The number of aliphatic hydroxyl groups is 1. The first kappa shape index (κ1) is 25.1. The predicted molar refractivity (Wildman–Crippen MR) is 486 cm³/mol. The SMILES string of the molecule is CC(=O)OC(C)=O.CCc1ccc(C2CC2)c(C(=O)C2CCC(c3ccc(Cl)c(F)c3)CC2)n1.O=C(c1c(C2CC2)ccc2cncn12)C1CCC(c2ccc(Cl)c(F)c2)CC1.OC(c1c(C2CC2)ccc2cncn12)C1CCC(c2ccc(Cl)c(F)c2)CC1.[2H][2H].[2H][2H].[2H][2H].[2H][2H].[2H][2H].[2H][2H].[2H][2H].[2H][2H].[2H][2H].[2H][2H].[2H][2H].[2H][2H].[2H][2H].[2H][2H].[2H][2H].[2H][2H].[2H][2H].[2H][2H].[2H][2H].[2H][2H].[2H][2H].[2H][2H].[2H][2H].[2H][2H].[2H][2H].[2H][2H].[2H][2H].[2H][2H].[2H][2H].[2H][2H].[2H][2H].[2H][2H].[2H][2H].[2H][2H].[2H][2H].[2H][2H].[2H][2H].[2H][2H].[2H][2H].[2H][2H].[2H][2H].[2H][2H].[2H][2H].[2H][2H].[2H][2H].[2H][2H].[2H][2H].[2H][2H].[2H][2H].[2H][2H].[2H][2H].[2H][2H].[2H][2H].[2H][2H].[2H][2H].[2H][2H].[2H][2H].[2H][2H].[2H][2H].[2H][2H].[2H][2H].[2H][2H].[2H][2H].[2H][2H].[B].[H-].[Na+]. The molecule has 11 nitrogen and oxygen atoms in total. The zero-order chi connectivity index (χ0) is 191. The molecule has 6 aliphatic carbocycles. The van der Waals surface area contributed by atoms with Crippen LogP contribution >= 0.6 is 34.8 Å². The molecule has 0 bridgehead atoms. The number of ether oxygens (including phenoxy) is 1. The number of ketones is 2. The predicted octanol–water partition coefficient (Wildman–Crippen LogP) is 31.2. The average Bonchev–Trinajstić information content (AvgIpc) is 1.62. The van der Waals surface area contributed by atoms with E-state index in [9.17, 15) is 37.5 Å². The van der Waals surface area contributed by atoms with Crippen molar-refractivity contribution in [3.05, 3.63) is 205 Å². The van der Waals surface area contributed by atoms with Crippen LogP contribution in [0.3, 0.4) is 0 Å². The minimum atomic E-state index is -0.562. The number of halogens is 6. The third kappa shape index (κ3) is 17.1. The largest absolute Gasteiger partial charge is 1.00 e. The number of fused-ring (bicyclic) bond motifs is 2. The van der Waals surface area contributed by atoms with Gasteiger partial charge in [0.25, 0.3) is 0 Å². The maximum Gasteiger partial charge on any atom is 1.00 e. The molecule has 605 valence electrons. The molecule has 0 amide bonds. The van der Waals surface area contributed by atoms with Crippen molar-refractivity contribution in [2.75, 3.05) is 0 Å². The molecule has 1 N–H and O–H groups in total. The fraction of sp³-hybridized carbons (Fsp3) is 0.438. The summed E-state index contributed by atoms with van der Waals surface area (Å²) in [5.41, 5.74) is 12.2. The molecule has 14 rings (SSSR count). The molecule has 6 aliphatic rings. The van der Waals surface area contributed by atoms with Crippen LogP contribution in [0, 0.1) is 35.2 Å². The van der Waals surface area contributed by atoms with Gasteiger partial charge in [-0.2, -0.15) is 0 Å². The van der Waals surface area contributed by atoms with Gasteiger partial charge in [-0.15, -0.1) is 0 Å². The molecule has 3 aromatic carbocycles. The Labute approximate surface area is 774 Å². The Morgan fingerprint density at radius 3 is 1.38 bits per heavy atom. The van der Waals surface area contributed by atoms with Crippen LogP contribution in [-0.4, -0.2) is 60.8 Å². The second kappa shape index (κ2) is 31.7. The smallest absolute Gasteiger partial charge is 1.00 e. The molecule has 1 atom stereocenters. The van der Waals surface area contributed by atoms with Gasteiger partial charge in [-0.1, -0.05) is 78.1 Å². The first-order valence-corrected chi connectivity index (χ1v) is 33.3. The van der Waals surface area contributed by atoms with Gasteiger partial charge in [0.1, 0.15) is 23.1 Å². The number of rotatable bonds is 13. The van der Waals surface area contributed by atoms with Gasteiger partial charge in [-0.05, 0) is 251 Å². The molecule has 0 spiro atoms. The summed E-state index contributed by atoms with van der Waals surface area (Å²) in [7, 11) is 0. The van der Waals surface area contributed by atoms with Gasteiger partial charge in [0, 0.05) is 230 Å². The van der Waals surface area contributed by atoms with Crippen LogP contribution in [0.4, 0.5) is 13.2 Å². The molecule has 92 heavy (non-hydrogen) atoms. The summed E-state index contributed by atoms with van der Waals surface area (Å²) in [6, 6.07) is 28.0. The number of benzene rings is 3. The van der Waals surface area contributed by atoms with E-state index in [1.165, 1.54) is 50.7 Å². The summed E-state index contributed by atoms with van der Waals surface area (Å²) in [5.74, 6) is 1.10. The third-order valence-corrected chi connectivity index (χ3v) is 20.3. The van der Waals surface area contributed by atoms with Crippen LogP contribution in [0.1, 0.15) is 435 Å². The second-order valence-corrected chi connectivity index (χ2v) is 26.8. The molecule has 0 saturated heterocycles. The van der Waals surface area contributed by atoms with E-state index in [2.05, 4.69) is 62.4 Å². The standard InChI is InChI=1S/C23H24ClFN2O.C23H22ClFN2O.C23H25ClFNO.C4H6O3.B.Na.64H2.H/c2*24-20-10-7-17(11-21(20)25)14-1-5-16(6-2-14)23(28)22-19(15-3-4-15)9-8-18-12-26-13-27(18)22;1-2-18-10-11-19(15-5-6-15)22(26-18)23(27)16-7-3-14(4-8-16)17-9-12-20(24)21(25)13-17;1-3(5)7-4(2)6;;;;;;;;;;;;;;;;;;;;;;;;;;;;;;;;;;;;;;;;;;;;;;;;;;;;;;;;;;;;;;;;;;;/h7-16,23,28H,1-6H2;7-16H,1-6H2;9-16H,2-8H2,1H3;1-2H3;;;64*1H;/q;;;;;+1;;;;;;;;;;;;;;;;;;;;;;;;;;;;;;;;;;;;;;;;;;;;;;;;;;;;;;;;;;;;;;;;;-1/i;;;;;;64*1+1D;. The first-order valence-electron chi connectivity index (χ1n) is 96.1. The molecule has 3 radical (unpaired) electrons. The number of hydrogen-bond acceptors (Lipinski definition) is 9. The van der Waals surface area contributed by atoms with Crippen molar-refractivity contribution < 1.29 is 263 Å². The van der Waals surface area contributed by atoms with E-state index in [1.54, 1.807) is 48.9 Å². The maximum absolute atomic E-state index is 13.8. The maximum atomic E-state index is 13.8. The van der Waals surface area contributed by atoms with Crippen LogP contribution in [0.15, 0.2) is 116 Å². The quantitative estimate of drug-likeness (QED) is 0.0516. The Hall–Kier alpha value is -5.65. The summed E-state index contributed by atoms with van der Waals surface area (Å²) >= 11 is 17.4. The molecule has 6 saturated carbocycles. The van der Waals surface area contributed by atoms with Crippen molar-refractivity contribution >= 4 is 77.8 Å². The van der Waals surface area contributed by atoms with Crippen LogP contribution in [-0.2, 0) is 20.7 Å². The number of hydrogen-bond donors (Lipinski definition) is 1. The van der Waals surface area contributed by atoms with Gasteiger partial charge >= 0.3 is 41.5 Å². The monoisotopic (exact) mass is 1570 g/mol. The number of Topliss-reactive ketones (excluding diaryl/α,β-unsaturated/α-hetero) is 2. The van der Waals surface area contributed by atoms with Crippen LogP contribution in [0.5, 0.6) is 0 Å². The molecule has 5 aromatic heterocycles. The van der Waals surface area contributed by atoms with Gasteiger partial charge in [0.15, 0.2) is 11.6 Å². The number of nitrogens with zero attached hydrogens (tertiary/aromatic N) is 5. The van der Waals surface area contributed by atoms with E-state index in [-0.39, 0.29) is 101 Å². The van der Waals surface area contributed by atoms with Crippen molar-refractivity contribution in [1.29, 1.82) is 0 Å². The van der Waals surface area contributed by atoms with Crippen molar-refractivity contribution in [1.82, 2.24) is 23.8 Å². The minimum absolute atomic E-state index is 0. The summed E-state index contributed by atoms with van der Waals surface area (Å²) in [4.78, 5) is 59.6. The zero-order valence-corrected chi connectivity index (χ0v) is 57.0. The van der Waals surface area contributed by atoms with Crippen molar-refractivity contribution in [3.8, 4) is 0 Å². The molecular formula is C73H206BCl3F3N5NaO6. The number of imidazole rings is 2. The van der Waals surface area contributed by atoms with Gasteiger partial charge in [-0.25, -0.2) is 28.1 Å². The average molecular weight is 1580 g/mol. The summed E-state index contributed by atoms with van der Waals surface area (Å²) < 4.78 is 689. The van der Waals surface area contributed by atoms with Gasteiger partial charge < -0.3 is 15.7 Å². The Morgan fingerprint density at radius 2 is 0.946 bits per heavy atom. The molecule has 6 fully saturated rings. The number of carbonyl (C=O) groups is 4. The fourth-order valence-corrected chi connectivity index (χ4v) is 14.3. The molecule has 1 unspecified atom stereocenters. The number of aliphatic hydroxyl groups excluding tert-OH is 1. The Balaban J connectivity index is -0.0000000240. The molecule has 5 heterocycles. The van der Waals surface area contributed by atoms with E-state index >= 15 is 0 Å². The zero-order valence-electron chi connectivity index (χ0n) is 182. The first-order chi connectivity index (χ1) is 107. The molecule has 0 aliphatic heterocycles. The molecular weight excluding hydrogens is 1240 g/mol. The number of carbonyl (C=O) groups excluding carboxylic acids is 4.